The normalized spacial score (nSPS) is 9.83. The molecule has 4 nitrogen and oxygen atoms in total. The van der Waals surface area contributed by atoms with E-state index in [2.05, 4.69) is 9.97 Å². The minimum absolute atomic E-state index is 0.251. The number of aromatic nitrogens is 2. The van der Waals surface area contributed by atoms with E-state index in [1.54, 1.807) is 36.2 Å². The molecule has 0 fully saturated rings. The van der Waals surface area contributed by atoms with Crippen LogP contribution in [-0.2, 0) is 6.54 Å². The van der Waals surface area contributed by atoms with Crippen LogP contribution in [0.25, 0.3) is 0 Å². The van der Waals surface area contributed by atoms with Gasteiger partial charge in [0.2, 0.25) is 0 Å². The van der Waals surface area contributed by atoms with Crippen molar-refractivity contribution in [3.8, 4) is 6.07 Å². The van der Waals surface area contributed by atoms with Crippen LogP contribution in [0.2, 0.25) is 0 Å². The largest absolute Gasteiger partial charge is 0.355 e. The summed E-state index contributed by atoms with van der Waals surface area (Å²) in [5, 5.41) is 8.76. The Balaban J connectivity index is 2.20. The van der Waals surface area contributed by atoms with Gasteiger partial charge in [-0.2, -0.15) is 5.26 Å². The minimum Gasteiger partial charge on any atom is -0.355 e. The van der Waals surface area contributed by atoms with Crippen molar-refractivity contribution in [2.75, 3.05) is 11.9 Å². The van der Waals surface area contributed by atoms with Gasteiger partial charge in [-0.25, -0.2) is 14.4 Å². The predicted molar refractivity (Wildman–Crippen MR) is 65.3 cm³/mol. The quantitative estimate of drug-likeness (QED) is 0.827. The SMILES string of the molecule is CN(Cc1ccccc1F)c1cc(C#N)ncn1. The van der Waals surface area contributed by atoms with Gasteiger partial charge in [-0.05, 0) is 6.07 Å². The number of benzene rings is 1. The summed E-state index contributed by atoms with van der Waals surface area (Å²) in [6, 6.07) is 10.1. The summed E-state index contributed by atoms with van der Waals surface area (Å²) >= 11 is 0. The van der Waals surface area contributed by atoms with E-state index in [1.165, 1.54) is 12.4 Å². The molecule has 0 aliphatic rings. The van der Waals surface area contributed by atoms with Gasteiger partial charge in [-0.3, -0.25) is 0 Å². The highest BCUT2D eigenvalue weighted by atomic mass is 19.1. The molecule has 2 rings (SSSR count). The molecule has 1 aromatic carbocycles. The van der Waals surface area contributed by atoms with E-state index in [9.17, 15) is 4.39 Å². The first-order valence-corrected chi connectivity index (χ1v) is 5.37. The second-order valence-electron chi connectivity index (χ2n) is 3.82. The number of nitrogens with zero attached hydrogens (tertiary/aromatic N) is 4. The van der Waals surface area contributed by atoms with Crippen LogP contribution in [0, 0.1) is 17.1 Å². The van der Waals surface area contributed by atoms with E-state index in [-0.39, 0.29) is 5.82 Å². The zero-order valence-corrected chi connectivity index (χ0v) is 9.84. The molecular weight excluding hydrogens is 231 g/mol. The summed E-state index contributed by atoms with van der Waals surface area (Å²) in [6.45, 7) is 0.383. The molecule has 0 bridgehead atoms. The fourth-order valence-electron chi connectivity index (χ4n) is 1.58. The molecule has 0 atom stereocenters. The first-order chi connectivity index (χ1) is 8.70. The standard InChI is InChI=1S/C13H11FN4/c1-18(8-10-4-2-3-5-12(10)14)13-6-11(7-15)16-9-17-13/h2-6,9H,8H2,1H3. The Bertz CT molecular complexity index is 592. The van der Waals surface area contributed by atoms with Crippen molar-refractivity contribution in [3.05, 3.63) is 53.7 Å². The summed E-state index contributed by atoms with van der Waals surface area (Å²) in [4.78, 5) is 9.61. The van der Waals surface area contributed by atoms with Crippen LogP contribution in [0.3, 0.4) is 0 Å². The van der Waals surface area contributed by atoms with E-state index in [0.717, 1.165) is 0 Å². The highest BCUT2D eigenvalue weighted by Crippen LogP contribution is 2.14. The van der Waals surface area contributed by atoms with Crippen molar-refractivity contribution in [2.24, 2.45) is 0 Å². The molecule has 0 radical (unpaired) electrons. The summed E-state index contributed by atoms with van der Waals surface area (Å²) < 4.78 is 13.5. The summed E-state index contributed by atoms with van der Waals surface area (Å²) in [7, 11) is 1.79. The lowest BCUT2D eigenvalue weighted by Gasteiger charge is -2.18. The maximum absolute atomic E-state index is 13.5. The van der Waals surface area contributed by atoms with Gasteiger partial charge in [0.05, 0.1) is 0 Å². The van der Waals surface area contributed by atoms with Gasteiger partial charge in [0.15, 0.2) is 0 Å². The number of nitriles is 1. The first kappa shape index (κ1) is 12.0. The van der Waals surface area contributed by atoms with Gasteiger partial charge >= 0.3 is 0 Å². The Morgan fingerprint density at radius 3 is 2.83 bits per heavy atom. The first-order valence-electron chi connectivity index (χ1n) is 5.37. The van der Waals surface area contributed by atoms with Crippen molar-refractivity contribution < 1.29 is 4.39 Å². The fourth-order valence-corrected chi connectivity index (χ4v) is 1.58. The van der Waals surface area contributed by atoms with Crippen molar-refractivity contribution in [1.29, 1.82) is 5.26 Å². The monoisotopic (exact) mass is 242 g/mol. The number of rotatable bonds is 3. The average Bonchev–Trinajstić information content (AvgIpc) is 2.41. The fraction of sp³-hybridized carbons (Fsp3) is 0.154. The van der Waals surface area contributed by atoms with Crippen LogP contribution in [-0.4, -0.2) is 17.0 Å². The van der Waals surface area contributed by atoms with E-state index in [0.29, 0.717) is 23.6 Å². The van der Waals surface area contributed by atoms with Crippen LogP contribution < -0.4 is 4.90 Å². The molecule has 5 heteroatoms. The molecule has 0 unspecified atom stereocenters. The van der Waals surface area contributed by atoms with E-state index >= 15 is 0 Å². The summed E-state index contributed by atoms with van der Waals surface area (Å²) in [5.74, 6) is 0.337. The summed E-state index contributed by atoms with van der Waals surface area (Å²) in [6.07, 6.45) is 1.33. The molecule has 90 valence electrons. The second kappa shape index (κ2) is 5.23. The Labute approximate surface area is 104 Å². The molecular formula is C13H11FN4. The molecule has 2 aromatic rings. The molecule has 0 spiro atoms. The van der Waals surface area contributed by atoms with E-state index < -0.39 is 0 Å². The molecule has 0 saturated heterocycles. The zero-order chi connectivity index (χ0) is 13.0. The number of halogens is 1. The number of anilines is 1. The number of hydrogen-bond donors (Lipinski definition) is 0. The molecule has 1 heterocycles. The van der Waals surface area contributed by atoms with Crippen molar-refractivity contribution in [1.82, 2.24) is 9.97 Å². The predicted octanol–water partition coefficient (Wildman–Crippen LogP) is 2.12. The highest BCUT2D eigenvalue weighted by molar-refractivity contribution is 5.42. The second-order valence-corrected chi connectivity index (χ2v) is 3.82. The Hall–Kier alpha value is -2.48. The lowest BCUT2D eigenvalue weighted by atomic mass is 10.2. The Morgan fingerprint density at radius 2 is 2.11 bits per heavy atom. The smallest absolute Gasteiger partial charge is 0.145 e. The van der Waals surface area contributed by atoms with E-state index in [1.807, 2.05) is 6.07 Å². The maximum atomic E-state index is 13.5. The van der Waals surface area contributed by atoms with Crippen molar-refractivity contribution in [3.63, 3.8) is 0 Å². The van der Waals surface area contributed by atoms with Gasteiger partial charge in [-0.1, -0.05) is 18.2 Å². The lowest BCUT2D eigenvalue weighted by molar-refractivity contribution is 0.607. The lowest BCUT2D eigenvalue weighted by Crippen LogP contribution is -2.18. The van der Waals surface area contributed by atoms with Crippen LogP contribution in [0.5, 0.6) is 0 Å². The molecule has 1 aromatic heterocycles. The van der Waals surface area contributed by atoms with Crippen LogP contribution in [0.1, 0.15) is 11.3 Å². The highest BCUT2D eigenvalue weighted by Gasteiger charge is 2.07. The molecule has 0 aliphatic heterocycles. The zero-order valence-electron chi connectivity index (χ0n) is 9.84. The molecule has 0 amide bonds. The third-order valence-corrected chi connectivity index (χ3v) is 2.52. The van der Waals surface area contributed by atoms with E-state index in [4.69, 9.17) is 5.26 Å². The van der Waals surface area contributed by atoms with Gasteiger partial charge in [0.25, 0.3) is 0 Å². The van der Waals surface area contributed by atoms with Gasteiger partial charge in [-0.15, -0.1) is 0 Å². The topological polar surface area (TPSA) is 52.8 Å². The Kier molecular flexibility index (Phi) is 3.49. The number of hydrogen-bond acceptors (Lipinski definition) is 4. The van der Waals surface area contributed by atoms with Gasteiger partial charge in [0, 0.05) is 25.2 Å². The third kappa shape index (κ3) is 2.61. The molecule has 0 N–H and O–H groups in total. The summed E-state index contributed by atoms with van der Waals surface area (Å²) in [5.41, 5.74) is 0.873. The Morgan fingerprint density at radius 1 is 1.33 bits per heavy atom. The van der Waals surface area contributed by atoms with Gasteiger partial charge < -0.3 is 4.90 Å². The third-order valence-electron chi connectivity index (χ3n) is 2.52. The van der Waals surface area contributed by atoms with Crippen molar-refractivity contribution >= 4 is 5.82 Å². The van der Waals surface area contributed by atoms with Crippen LogP contribution in [0.15, 0.2) is 36.7 Å². The molecule has 0 aliphatic carbocycles. The van der Waals surface area contributed by atoms with Gasteiger partial charge in [0.1, 0.15) is 29.7 Å². The minimum atomic E-state index is -0.251. The van der Waals surface area contributed by atoms with Crippen LogP contribution >= 0.6 is 0 Å². The molecule has 18 heavy (non-hydrogen) atoms. The van der Waals surface area contributed by atoms with Crippen molar-refractivity contribution in [2.45, 2.75) is 6.54 Å². The van der Waals surface area contributed by atoms with Crippen LogP contribution in [0.4, 0.5) is 10.2 Å². The molecule has 0 saturated carbocycles. The average molecular weight is 242 g/mol. The maximum Gasteiger partial charge on any atom is 0.145 e.